The van der Waals surface area contributed by atoms with E-state index < -0.39 is 0 Å². The van der Waals surface area contributed by atoms with Gasteiger partial charge >= 0.3 is 0 Å². The molecule has 1 atom stereocenters. The third-order valence-corrected chi connectivity index (χ3v) is 6.65. The third-order valence-electron chi connectivity index (χ3n) is 6.33. The second kappa shape index (κ2) is 9.86. The number of benzene rings is 1. The van der Waals surface area contributed by atoms with E-state index in [1.807, 2.05) is 37.4 Å². The number of amides is 1. The second-order valence-corrected chi connectivity index (χ2v) is 9.01. The largest absolute Gasteiger partial charge is 0.367 e. The van der Waals surface area contributed by atoms with Gasteiger partial charge in [-0.3, -0.25) is 4.79 Å². The molecule has 2 aromatic heterocycles. The van der Waals surface area contributed by atoms with Crippen LogP contribution in [-0.2, 0) is 4.79 Å². The molecule has 0 bridgehead atoms. The number of rotatable bonds is 7. The number of hydrogen-bond acceptors (Lipinski definition) is 5. The molecule has 0 unspecified atom stereocenters. The molecule has 1 amide bonds. The molecule has 0 spiro atoms. The molecule has 0 aliphatic heterocycles. The molecule has 1 aliphatic rings. The molecule has 32 heavy (non-hydrogen) atoms. The SMILES string of the molecule is CCC(=O)NC1CCC(Nc2nc([C@@H](C)CC)nc3c2cnn3-c2ccccc2Cl)CC1. The molecule has 0 radical (unpaired) electrons. The van der Waals surface area contributed by atoms with Crippen molar-refractivity contribution >= 4 is 34.4 Å². The number of nitrogens with zero attached hydrogens (tertiary/aromatic N) is 4. The summed E-state index contributed by atoms with van der Waals surface area (Å²) >= 11 is 6.45. The van der Waals surface area contributed by atoms with Crippen LogP contribution in [0.4, 0.5) is 5.82 Å². The van der Waals surface area contributed by atoms with Gasteiger partial charge in [-0.05, 0) is 44.2 Å². The van der Waals surface area contributed by atoms with Gasteiger partial charge in [0.05, 0.1) is 22.3 Å². The molecule has 8 heteroatoms. The van der Waals surface area contributed by atoms with E-state index in [-0.39, 0.29) is 17.9 Å². The number of carbonyl (C=O) groups is 1. The Balaban J connectivity index is 1.63. The molecule has 7 nitrogen and oxygen atoms in total. The summed E-state index contributed by atoms with van der Waals surface area (Å²) in [6.45, 7) is 6.17. The Labute approximate surface area is 194 Å². The zero-order chi connectivity index (χ0) is 22.7. The summed E-state index contributed by atoms with van der Waals surface area (Å²) in [5.74, 6) is 1.99. The van der Waals surface area contributed by atoms with Crippen LogP contribution in [0.3, 0.4) is 0 Å². The standard InChI is InChI=1S/C24H31ClN6O/c1-4-15(3)22-29-23(28-17-12-10-16(11-13-17)27-21(32)5-2)18-14-26-31(24(18)30-22)20-9-7-6-8-19(20)25/h6-9,14-17H,4-5,10-13H2,1-3H3,(H,27,32)(H,28,29,30)/t15-,16?,17?/m0/s1. The molecule has 170 valence electrons. The van der Waals surface area contributed by atoms with Crippen LogP contribution in [0.5, 0.6) is 0 Å². The van der Waals surface area contributed by atoms with Crippen molar-refractivity contribution < 1.29 is 4.79 Å². The topological polar surface area (TPSA) is 84.7 Å². The molecule has 1 fully saturated rings. The smallest absolute Gasteiger partial charge is 0.219 e. The normalized spacial score (nSPS) is 19.6. The highest BCUT2D eigenvalue weighted by molar-refractivity contribution is 6.32. The quantitative estimate of drug-likeness (QED) is 0.510. The molecule has 2 N–H and O–H groups in total. The fourth-order valence-electron chi connectivity index (χ4n) is 4.14. The summed E-state index contributed by atoms with van der Waals surface area (Å²) in [5.41, 5.74) is 1.56. The summed E-state index contributed by atoms with van der Waals surface area (Å²) in [6.07, 6.45) is 7.20. The van der Waals surface area contributed by atoms with Gasteiger partial charge in [0, 0.05) is 24.4 Å². The molecule has 2 heterocycles. The zero-order valence-electron chi connectivity index (χ0n) is 18.9. The van der Waals surface area contributed by atoms with Gasteiger partial charge in [-0.2, -0.15) is 5.10 Å². The summed E-state index contributed by atoms with van der Waals surface area (Å²) in [7, 11) is 0. The highest BCUT2D eigenvalue weighted by Crippen LogP contribution is 2.30. The van der Waals surface area contributed by atoms with E-state index in [4.69, 9.17) is 21.6 Å². The Hall–Kier alpha value is -2.67. The average Bonchev–Trinajstić information content (AvgIpc) is 3.24. The average molecular weight is 455 g/mol. The van der Waals surface area contributed by atoms with Crippen LogP contribution < -0.4 is 10.6 Å². The van der Waals surface area contributed by atoms with E-state index in [2.05, 4.69) is 29.6 Å². The Morgan fingerprint density at radius 3 is 2.56 bits per heavy atom. The minimum atomic E-state index is 0.129. The van der Waals surface area contributed by atoms with E-state index in [9.17, 15) is 4.79 Å². The van der Waals surface area contributed by atoms with Crippen molar-refractivity contribution in [1.82, 2.24) is 25.1 Å². The van der Waals surface area contributed by atoms with Gasteiger partial charge in [-0.25, -0.2) is 14.6 Å². The van der Waals surface area contributed by atoms with Crippen molar-refractivity contribution in [2.24, 2.45) is 0 Å². The number of halogens is 1. The van der Waals surface area contributed by atoms with Gasteiger partial charge in [0.25, 0.3) is 0 Å². The van der Waals surface area contributed by atoms with Gasteiger partial charge < -0.3 is 10.6 Å². The van der Waals surface area contributed by atoms with Crippen molar-refractivity contribution in [3.63, 3.8) is 0 Å². The number of fused-ring (bicyclic) bond motifs is 1. The van der Waals surface area contributed by atoms with Gasteiger partial charge in [0.1, 0.15) is 11.6 Å². The van der Waals surface area contributed by atoms with E-state index in [1.54, 1.807) is 4.68 Å². The Bertz CT molecular complexity index is 1090. The fraction of sp³-hybridized carbons (Fsp3) is 0.500. The first-order valence-corrected chi connectivity index (χ1v) is 11.9. The molecule has 0 saturated heterocycles. The monoisotopic (exact) mass is 454 g/mol. The number of nitrogens with one attached hydrogen (secondary N) is 2. The second-order valence-electron chi connectivity index (χ2n) is 8.60. The summed E-state index contributed by atoms with van der Waals surface area (Å²) in [6, 6.07) is 8.22. The van der Waals surface area contributed by atoms with Crippen LogP contribution in [0, 0.1) is 0 Å². The lowest BCUT2D eigenvalue weighted by atomic mass is 9.91. The maximum absolute atomic E-state index is 11.7. The summed E-state index contributed by atoms with van der Waals surface area (Å²) < 4.78 is 1.80. The fourth-order valence-corrected chi connectivity index (χ4v) is 4.36. The Morgan fingerprint density at radius 1 is 1.16 bits per heavy atom. The number of anilines is 1. The Kier molecular flexibility index (Phi) is 6.94. The highest BCUT2D eigenvalue weighted by atomic mass is 35.5. The van der Waals surface area contributed by atoms with Crippen LogP contribution in [0.15, 0.2) is 30.5 Å². The minimum absolute atomic E-state index is 0.129. The maximum Gasteiger partial charge on any atom is 0.219 e. The molecule has 4 rings (SSSR count). The molecular weight excluding hydrogens is 424 g/mol. The van der Waals surface area contributed by atoms with Gasteiger partial charge in [0.2, 0.25) is 5.91 Å². The molecule has 1 aliphatic carbocycles. The first-order chi connectivity index (χ1) is 15.5. The van der Waals surface area contributed by atoms with Gasteiger partial charge in [-0.1, -0.05) is 44.5 Å². The summed E-state index contributed by atoms with van der Waals surface area (Å²) in [4.78, 5) is 21.5. The molecule has 1 aromatic carbocycles. The van der Waals surface area contributed by atoms with E-state index in [1.165, 1.54) is 0 Å². The summed E-state index contributed by atoms with van der Waals surface area (Å²) in [5, 5.41) is 12.9. The first kappa shape index (κ1) is 22.5. The number of hydrogen-bond donors (Lipinski definition) is 2. The van der Waals surface area contributed by atoms with Gasteiger partial charge in [-0.15, -0.1) is 0 Å². The van der Waals surface area contributed by atoms with Crippen LogP contribution in [0.2, 0.25) is 5.02 Å². The lowest BCUT2D eigenvalue weighted by Gasteiger charge is -2.30. The zero-order valence-corrected chi connectivity index (χ0v) is 19.7. The molecule has 3 aromatic rings. The Morgan fingerprint density at radius 2 is 1.88 bits per heavy atom. The van der Waals surface area contributed by atoms with Crippen LogP contribution in [-0.4, -0.2) is 37.7 Å². The van der Waals surface area contributed by atoms with Crippen molar-refractivity contribution in [3.05, 3.63) is 41.3 Å². The maximum atomic E-state index is 11.7. The first-order valence-electron chi connectivity index (χ1n) is 11.6. The minimum Gasteiger partial charge on any atom is -0.367 e. The van der Waals surface area contributed by atoms with Crippen LogP contribution in [0.1, 0.15) is 71.0 Å². The lowest BCUT2D eigenvalue weighted by molar-refractivity contribution is -0.121. The number of aromatic nitrogens is 4. The highest BCUT2D eigenvalue weighted by Gasteiger charge is 2.24. The number of carbonyl (C=O) groups excluding carboxylic acids is 1. The molecule has 1 saturated carbocycles. The van der Waals surface area contributed by atoms with Crippen molar-refractivity contribution in [1.29, 1.82) is 0 Å². The number of para-hydroxylation sites is 1. The lowest BCUT2D eigenvalue weighted by Crippen LogP contribution is -2.40. The van der Waals surface area contributed by atoms with Crippen molar-refractivity contribution in [2.75, 3.05) is 5.32 Å². The van der Waals surface area contributed by atoms with E-state index in [0.29, 0.717) is 17.5 Å². The van der Waals surface area contributed by atoms with E-state index >= 15 is 0 Å². The van der Waals surface area contributed by atoms with Crippen molar-refractivity contribution in [2.45, 2.75) is 77.3 Å². The predicted octanol–water partition coefficient (Wildman–Crippen LogP) is 5.23. The van der Waals surface area contributed by atoms with Crippen molar-refractivity contribution in [3.8, 4) is 5.69 Å². The van der Waals surface area contributed by atoms with Crippen LogP contribution in [0.25, 0.3) is 16.7 Å². The third kappa shape index (κ3) is 4.72. The van der Waals surface area contributed by atoms with Gasteiger partial charge in [0.15, 0.2) is 5.65 Å². The molecular formula is C24H31ClN6O. The van der Waals surface area contributed by atoms with Crippen LogP contribution >= 0.6 is 11.6 Å². The van der Waals surface area contributed by atoms with E-state index in [0.717, 1.165) is 60.5 Å². The predicted molar refractivity (Wildman–Crippen MR) is 128 cm³/mol.